The fraction of sp³-hybridized carbons (Fsp3) is 0.267. The van der Waals surface area contributed by atoms with Crippen molar-refractivity contribution in [2.45, 2.75) is 38.0 Å². The molecule has 0 bridgehead atoms. The summed E-state index contributed by atoms with van der Waals surface area (Å²) in [5, 5.41) is 11.1. The predicted octanol–water partition coefficient (Wildman–Crippen LogP) is 5.70. The van der Waals surface area contributed by atoms with Crippen molar-refractivity contribution in [1.82, 2.24) is 20.4 Å². The van der Waals surface area contributed by atoms with E-state index >= 15 is 0 Å². The van der Waals surface area contributed by atoms with Crippen molar-refractivity contribution in [3.8, 4) is 22.7 Å². The third-order valence-electron chi connectivity index (χ3n) is 6.44. The first kappa shape index (κ1) is 26.5. The van der Waals surface area contributed by atoms with E-state index in [1.165, 1.54) is 6.07 Å². The molecule has 6 nitrogen and oxygen atoms in total. The fourth-order valence-corrected chi connectivity index (χ4v) is 4.42. The number of hydrogen-bond donors (Lipinski definition) is 2. The summed E-state index contributed by atoms with van der Waals surface area (Å²) >= 11 is 0. The number of carbonyl (C=O) groups is 1. The molecule has 2 N–H and O–H groups in total. The molecule has 4 aromatic rings. The minimum absolute atomic E-state index is 0.00844. The summed E-state index contributed by atoms with van der Waals surface area (Å²) in [6.45, 7) is -0.719. The highest BCUT2D eigenvalue weighted by molar-refractivity contribution is 5.96. The van der Waals surface area contributed by atoms with Crippen LogP contribution in [0.1, 0.15) is 34.5 Å². The molecule has 0 aliphatic heterocycles. The van der Waals surface area contributed by atoms with Crippen LogP contribution in [0.5, 0.6) is 5.75 Å². The van der Waals surface area contributed by atoms with Crippen molar-refractivity contribution in [1.29, 1.82) is 0 Å². The Hall–Kier alpha value is -4.11. The number of para-hydroxylation sites is 2. The molecule has 1 amide bonds. The number of halogens is 3. The van der Waals surface area contributed by atoms with Gasteiger partial charge < -0.3 is 15.4 Å². The van der Waals surface area contributed by atoms with Gasteiger partial charge in [-0.15, -0.1) is 0 Å². The van der Waals surface area contributed by atoms with Crippen molar-refractivity contribution < 1.29 is 22.7 Å². The van der Waals surface area contributed by atoms with E-state index < -0.39 is 18.7 Å². The predicted molar refractivity (Wildman–Crippen MR) is 143 cm³/mol. The lowest BCUT2D eigenvalue weighted by Gasteiger charge is -2.13. The lowest BCUT2D eigenvalue weighted by Crippen LogP contribution is -2.26. The van der Waals surface area contributed by atoms with Crippen LogP contribution in [0, 0.1) is 0 Å². The average Bonchev–Trinajstić information content (AvgIpc) is 3.69. The van der Waals surface area contributed by atoms with Crippen molar-refractivity contribution in [3.05, 3.63) is 102 Å². The quantitative estimate of drug-likeness (QED) is 0.259. The summed E-state index contributed by atoms with van der Waals surface area (Å²) in [6.07, 6.45) is -1.57. The first-order valence-corrected chi connectivity index (χ1v) is 12.9. The smallest absolute Gasteiger partial charge is 0.422 e. The van der Waals surface area contributed by atoms with Gasteiger partial charge in [0.15, 0.2) is 12.3 Å². The van der Waals surface area contributed by atoms with E-state index in [-0.39, 0.29) is 18.0 Å². The largest absolute Gasteiger partial charge is 0.484 e. The molecule has 39 heavy (non-hydrogen) atoms. The SMILES string of the molecule is O=C(NCc1ccccc1OCC(F)(F)F)c1nn(-c2ccccc2)c(-c2ccccc2)c1CCNC1CC1. The normalized spacial score (nSPS) is 13.3. The number of carbonyl (C=O) groups excluding carboxylic acids is 1. The molecule has 5 rings (SSSR count). The monoisotopic (exact) mass is 534 g/mol. The van der Waals surface area contributed by atoms with Crippen LogP contribution in [-0.2, 0) is 13.0 Å². The van der Waals surface area contributed by atoms with Gasteiger partial charge in [0.2, 0.25) is 0 Å². The molecule has 1 aliphatic carbocycles. The minimum atomic E-state index is -4.46. The Morgan fingerprint density at radius 2 is 1.62 bits per heavy atom. The fourth-order valence-electron chi connectivity index (χ4n) is 4.42. The number of benzene rings is 3. The van der Waals surface area contributed by atoms with Crippen LogP contribution in [0.3, 0.4) is 0 Å². The standard InChI is InChI=1S/C30H29F3N4O2/c31-30(32,33)20-39-26-14-8-7-11-22(26)19-35-29(38)27-25(17-18-34-23-15-16-23)28(21-9-3-1-4-10-21)37(36-27)24-12-5-2-6-13-24/h1-14,23,34H,15-20H2,(H,35,38). The maximum Gasteiger partial charge on any atom is 0.422 e. The van der Waals surface area contributed by atoms with E-state index in [0.717, 1.165) is 35.3 Å². The van der Waals surface area contributed by atoms with E-state index in [2.05, 4.69) is 10.6 Å². The molecule has 0 unspecified atom stereocenters. The zero-order valence-corrected chi connectivity index (χ0v) is 21.2. The number of amides is 1. The van der Waals surface area contributed by atoms with Gasteiger partial charge in [0.25, 0.3) is 5.91 Å². The first-order chi connectivity index (χ1) is 18.9. The van der Waals surface area contributed by atoms with Gasteiger partial charge >= 0.3 is 6.18 Å². The maximum absolute atomic E-state index is 13.6. The van der Waals surface area contributed by atoms with Crippen LogP contribution in [0.2, 0.25) is 0 Å². The number of nitrogens with one attached hydrogen (secondary N) is 2. The Morgan fingerprint density at radius 1 is 0.949 bits per heavy atom. The van der Waals surface area contributed by atoms with Gasteiger partial charge in [-0.1, -0.05) is 66.7 Å². The molecule has 1 aromatic heterocycles. The molecule has 3 aromatic carbocycles. The third-order valence-corrected chi connectivity index (χ3v) is 6.44. The van der Waals surface area contributed by atoms with Gasteiger partial charge in [-0.3, -0.25) is 4.79 Å². The summed E-state index contributed by atoms with van der Waals surface area (Å²) in [6, 6.07) is 26.3. The summed E-state index contributed by atoms with van der Waals surface area (Å²) in [4.78, 5) is 13.6. The molecule has 202 valence electrons. The molecular formula is C30H29F3N4O2. The van der Waals surface area contributed by atoms with Crippen LogP contribution in [0.25, 0.3) is 16.9 Å². The van der Waals surface area contributed by atoms with E-state index in [9.17, 15) is 18.0 Å². The number of aromatic nitrogens is 2. The van der Waals surface area contributed by atoms with Crippen molar-refractivity contribution in [2.24, 2.45) is 0 Å². The molecular weight excluding hydrogens is 505 g/mol. The number of hydrogen-bond acceptors (Lipinski definition) is 4. The van der Waals surface area contributed by atoms with Crippen LogP contribution < -0.4 is 15.4 Å². The first-order valence-electron chi connectivity index (χ1n) is 12.9. The van der Waals surface area contributed by atoms with Crippen molar-refractivity contribution in [2.75, 3.05) is 13.2 Å². The average molecular weight is 535 g/mol. The number of alkyl halides is 3. The molecule has 1 saturated carbocycles. The summed E-state index contributed by atoms with van der Waals surface area (Å²) in [5.41, 5.74) is 4.11. The van der Waals surface area contributed by atoms with Gasteiger partial charge in [-0.2, -0.15) is 18.3 Å². The molecule has 0 radical (unpaired) electrons. The zero-order chi connectivity index (χ0) is 27.2. The highest BCUT2D eigenvalue weighted by Crippen LogP contribution is 2.30. The summed E-state index contributed by atoms with van der Waals surface area (Å²) in [7, 11) is 0. The number of nitrogens with zero attached hydrogens (tertiary/aromatic N) is 2. The van der Waals surface area contributed by atoms with E-state index in [1.807, 2.05) is 60.7 Å². The molecule has 1 fully saturated rings. The molecule has 9 heteroatoms. The number of ether oxygens (including phenoxy) is 1. The third kappa shape index (κ3) is 6.86. The van der Waals surface area contributed by atoms with Gasteiger partial charge in [-0.05, 0) is 44.0 Å². The van der Waals surface area contributed by atoms with Crippen molar-refractivity contribution >= 4 is 5.91 Å². The summed E-state index contributed by atoms with van der Waals surface area (Å²) < 4.78 is 44.9. The lowest BCUT2D eigenvalue weighted by molar-refractivity contribution is -0.153. The molecule has 1 aliphatic rings. The van der Waals surface area contributed by atoms with Crippen LogP contribution >= 0.6 is 0 Å². The molecule has 0 saturated heterocycles. The Morgan fingerprint density at radius 3 is 2.31 bits per heavy atom. The van der Waals surface area contributed by atoms with Crippen molar-refractivity contribution in [3.63, 3.8) is 0 Å². The van der Waals surface area contributed by atoms with E-state index in [1.54, 1.807) is 22.9 Å². The van der Waals surface area contributed by atoms with E-state index in [0.29, 0.717) is 24.6 Å². The number of rotatable bonds is 11. The topological polar surface area (TPSA) is 68.2 Å². The highest BCUT2D eigenvalue weighted by Gasteiger charge is 2.29. The van der Waals surface area contributed by atoms with Crippen LogP contribution in [0.15, 0.2) is 84.9 Å². The second-order valence-electron chi connectivity index (χ2n) is 9.46. The van der Waals surface area contributed by atoms with Crippen LogP contribution in [-0.4, -0.2) is 41.1 Å². The van der Waals surface area contributed by atoms with Crippen LogP contribution in [0.4, 0.5) is 13.2 Å². The van der Waals surface area contributed by atoms with Gasteiger partial charge in [0.1, 0.15) is 5.75 Å². The molecule has 1 heterocycles. The Bertz CT molecular complexity index is 1400. The lowest BCUT2D eigenvalue weighted by atomic mass is 10.0. The van der Waals surface area contributed by atoms with Gasteiger partial charge in [0.05, 0.1) is 11.4 Å². The molecule has 0 atom stereocenters. The summed E-state index contributed by atoms with van der Waals surface area (Å²) in [5.74, 6) is -0.335. The Labute approximate surface area is 224 Å². The van der Waals surface area contributed by atoms with Gasteiger partial charge in [-0.25, -0.2) is 4.68 Å². The Kier molecular flexibility index (Phi) is 7.97. The Balaban J connectivity index is 1.46. The zero-order valence-electron chi connectivity index (χ0n) is 21.2. The van der Waals surface area contributed by atoms with Gasteiger partial charge in [0, 0.05) is 29.3 Å². The second-order valence-corrected chi connectivity index (χ2v) is 9.46. The molecule has 0 spiro atoms. The minimum Gasteiger partial charge on any atom is -0.484 e. The second kappa shape index (κ2) is 11.7. The van der Waals surface area contributed by atoms with E-state index in [4.69, 9.17) is 9.84 Å². The highest BCUT2D eigenvalue weighted by atomic mass is 19.4. The maximum atomic E-state index is 13.6.